The fourth-order valence-corrected chi connectivity index (χ4v) is 8.19. The van der Waals surface area contributed by atoms with Crippen LogP contribution in [0.3, 0.4) is 0 Å². The molecule has 4 fully saturated rings. The maximum atomic E-state index is 10.1. The molecule has 132 valence electrons. The molecule has 0 aliphatic heterocycles. The van der Waals surface area contributed by atoms with Crippen LogP contribution < -0.4 is 5.84 Å². The van der Waals surface area contributed by atoms with Gasteiger partial charge in [-0.3, -0.25) is 0 Å². The van der Waals surface area contributed by atoms with Crippen LogP contribution in [0.15, 0.2) is 16.8 Å². The molecule has 1 spiro atoms. The van der Waals surface area contributed by atoms with Crippen molar-refractivity contribution in [2.45, 2.75) is 77.7 Å². The number of aliphatic hydroxyl groups excluding tert-OH is 1. The Morgan fingerprint density at radius 1 is 1.21 bits per heavy atom. The summed E-state index contributed by atoms with van der Waals surface area (Å²) in [4.78, 5) is 0. The van der Waals surface area contributed by atoms with E-state index in [2.05, 4.69) is 25.0 Å². The van der Waals surface area contributed by atoms with Crippen molar-refractivity contribution in [3.05, 3.63) is 11.6 Å². The molecule has 0 bridgehead atoms. The molecule has 3 nitrogen and oxygen atoms in total. The monoisotopic (exact) mass is 328 g/mol. The van der Waals surface area contributed by atoms with E-state index in [0.29, 0.717) is 16.2 Å². The largest absolute Gasteiger partial charge is 0.393 e. The van der Waals surface area contributed by atoms with Gasteiger partial charge in [0.25, 0.3) is 0 Å². The molecule has 0 amide bonds. The maximum Gasteiger partial charge on any atom is 0.0577 e. The van der Waals surface area contributed by atoms with Crippen molar-refractivity contribution < 1.29 is 5.11 Å². The van der Waals surface area contributed by atoms with Gasteiger partial charge in [0.05, 0.1) is 6.10 Å². The van der Waals surface area contributed by atoms with Gasteiger partial charge in [0.15, 0.2) is 0 Å². The zero-order valence-corrected chi connectivity index (χ0v) is 15.2. The number of hydrogen-bond donors (Lipinski definition) is 2. The lowest BCUT2D eigenvalue weighted by molar-refractivity contribution is -0.0185. The average molecular weight is 329 g/mol. The molecular weight excluding hydrogens is 296 g/mol. The fraction of sp³-hybridized carbons (Fsp3) is 0.857. The Bertz CT molecular complexity index is 640. The third-order valence-corrected chi connectivity index (χ3v) is 9.50. The highest BCUT2D eigenvalue weighted by Gasteiger charge is 2.77. The standard InChI is InChI=1S/C21H32N2O/c1-13(23-22)20-9-7-18-16-4-3-14-11-15(24)5-8-19(14,2)17(16)6-10-21(18,20)12-20/h3,15-18,24H,4-12,22H2,1-2H3/b23-13-/t15-,16+,17-,18-,19-,20+,21+/m0/s1. The molecule has 0 aromatic rings. The molecule has 0 aromatic heterocycles. The lowest BCUT2D eigenvalue weighted by atomic mass is 9.49. The van der Waals surface area contributed by atoms with E-state index in [4.69, 9.17) is 5.84 Å². The third-order valence-electron chi connectivity index (χ3n) is 9.50. The normalized spacial score (nSPS) is 55.8. The van der Waals surface area contributed by atoms with Gasteiger partial charge >= 0.3 is 0 Å². The SMILES string of the molecule is C/C(=N/N)[C@]12CC[C@H]3[C@@H]4CC=C5C[C@@H](O)CC[C@]5(C)[C@H]4CC[C@@]31C2. The van der Waals surface area contributed by atoms with Crippen LogP contribution in [0, 0.1) is 34.0 Å². The van der Waals surface area contributed by atoms with E-state index in [1.807, 2.05) is 0 Å². The van der Waals surface area contributed by atoms with Crippen molar-refractivity contribution in [3.8, 4) is 0 Å². The second-order valence-corrected chi connectivity index (χ2v) is 9.86. The lowest BCUT2D eigenvalue weighted by Crippen LogP contribution is -2.48. The highest BCUT2D eigenvalue weighted by atomic mass is 16.3. The maximum absolute atomic E-state index is 10.1. The van der Waals surface area contributed by atoms with Crippen molar-refractivity contribution >= 4 is 5.71 Å². The zero-order valence-electron chi connectivity index (χ0n) is 15.2. The first-order valence-corrected chi connectivity index (χ1v) is 10.1. The zero-order chi connectivity index (χ0) is 16.7. The van der Waals surface area contributed by atoms with Gasteiger partial charge in [-0.2, -0.15) is 5.10 Å². The fourth-order valence-electron chi connectivity index (χ4n) is 8.19. The minimum Gasteiger partial charge on any atom is -0.393 e. The molecule has 0 aromatic carbocycles. The van der Waals surface area contributed by atoms with Crippen molar-refractivity contribution in [1.29, 1.82) is 0 Å². The molecule has 5 aliphatic carbocycles. The molecule has 5 aliphatic rings. The summed E-state index contributed by atoms with van der Waals surface area (Å²) < 4.78 is 0. The van der Waals surface area contributed by atoms with Gasteiger partial charge in [-0.25, -0.2) is 0 Å². The van der Waals surface area contributed by atoms with Crippen LogP contribution in [-0.4, -0.2) is 16.9 Å². The second-order valence-electron chi connectivity index (χ2n) is 9.86. The van der Waals surface area contributed by atoms with E-state index in [1.165, 1.54) is 50.7 Å². The summed E-state index contributed by atoms with van der Waals surface area (Å²) in [6.45, 7) is 4.69. The van der Waals surface area contributed by atoms with Crippen LogP contribution in [0.5, 0.6) is 0 Å². The summed E-state index contributed by atoms with van der Waals surface area (Å²) in [5.74, 6) is 8.27. The van der Waals surface area contributed by atoms with Gasteiger partial charge in [-0.1, -0.05) is 18.6 Å². The minimum absolute atomic E-state index is 0.0956. The molecule has 0 saturated heterocycles. The Kier molecular flexibility index (Phi) is 3.00. The van der Waals surface area contributed by atoms with E-state index in [9.17, 15) is 5.11 Å². The van der Waals surface area contributed by atoms with Crippen LogP contribution in [0.1, 0.15) is 71.6 Å². The first-order chi connectivity index (χ1) is 11.5. The molecule has 0 heterocycles. The molecule has 5 rings (SSSR count). The minimum atomic E-state index is -0.0956. The lowest BCUT2D eigenvalue weighted by Gasteiger charge is -2.56. The number of nitrogens with two attached hydrogens (primary N) is 1. The molecule has 3 N–H and O–H groups in total. The number of fused-ring (bicyclic) bond motifs is 4. The van der Waals surface area contributed by atoms with Crippen LogP contribution in [0.25, 0.3) is 0 Å². The molecule has 0 unspecified atom stereocenters. The van der Waals surface area contributed by atoms with Crippen molar-refractivity contribution in [1.82, 2.24) is 0 Å². The Morgan fingerprint density at radius 3 is 2.79 bits per heavy atom. The number of nitrogens with zero attached hydrogens (tertiary/aromatic N) is 1. The van der Waals surface area contributed by atoms with E-state index in [1.54, 1.807) is 5.57 Å². The van der Waals surface area contributed by atoms with Gasteiger partial charge in [-0.15, -0.1) is 0 Å². The van der Waals surface area contributed by atoms with Crippen molar-refractivity contribution in [3.63, 3.8) is 0 Å². The highest BCUT2D eigenvalue weighted by molar-refractivity contribution is 5.92. The Hall–Kier alpha value is -0.830. The van der Waals surface area contributed by atoms with E-state index < -0.39 is 0 Å². The smallest absolute Gasteiger partial charge is 0.0577 e. The summed E-state index contributed by atoms with van der Waals surface area (Å²) in [6.07, 6.45) is 13.6. The summed E-state index contributed by atoms with van der Waals surface area (Å²) >= 11 is 0. The third kappa shape index (κ3) is 1.61. The van der Waals surface area contributed by atoms with Crippen LogP contribution in [0.2, 0.25) is 0 Å². The number of allylic oxidation sites excluding steroid dienone is 1. The molecular formula is C21H32N2O. The predicted molar refractivity (Wildman–Crippen MR) is 96.4 cm³/mol. The Labute approximate surface area is 145 Å². The number of aliphatic hydroxyl groups is 1. The van der Waals surface area contributed by atoms with Crippen LogP contribution in [0.4, 0.5) is 0 Å². The van der Waals surface area contributed by atoms with E-state index >= 15 is 0 Å². The predicted octanol–water partition coefficient (Wildman–Crippen LogP) is 4.01. The van der Waals surface area contributed by atoms with Crippen molar-refractivity contribution in [2.75, 3.05) is 0 Å². The van der Waals surface area contributed by atoms with Gasteiger partial charge in [0, 0.05) is 11.1 Å². The first-order valence-electron chi connectivity index (χ1n) is 10.1. The molecule has 3 heteroatoms. The van der Waals surface area contributed by atoms with E-state index in [-0.39, 0.29) is 6.10 Å². The molecule has 24 heavy (non-hydrogen) atoms. The summed E-state index contributed by atoms with van der Waals surface area (Å²) in [5, 5.41) is 14.3. The Balaban J connectivity index is 1.48. The number of hydrazone groups is 1. The Morgan fingerprint density at radius 2 is 2.00 bits per heavy atom. The average Bonchev–Trinajstić information content (AvgIpc) is 3.11. The molecule has 7 atom stereocenters. The van der Waals surface area contributed by atoms with Crippen LogP contribution in [-0.2, 0) is 0 Å². The first kappa shape index (κ1) is 15.4. The van der Waals surface area contributed by atoms with Gasteiger partial charge in [0.1, 0.15) is 0 Å². The van der Waals surface area contributed by atoms with Crippen molar-refractivity contribution in [2.24, 2.45) is 44.9 Å². The number of rotatable bonds is 1. The summed E-state index contributed by atoms with van der Waals surface area (Å²) in [5.41, 5.74) is 4.07. The second kappa shape index (κ2) is 4.66. The van der Waals surface area contributed by atoms with Crippen LogP contribution >= 0.6 is 0 Å². The number of hydrogen-bond acceptors (Lipinski definition) is 3. The summed E-state index contributed by atoms with van der Waals surface area (Å²) in [7, 11) is 0. The topological polar surface area (TPSA) is 58.6 Å². The quantitative estimate of drug-likeness (QED) is 0.331. The van der Waals surface area contributed by atoms with Gasteiger partial charge in [-0.05, 0) is 93.3 Å². The van der Waals surface area contributed by atoms with E-state index in [0.717, 1.165) is 30.6 Å². The summed E-state index contributed by atoms with van der Waals surface area (Å²) in [6, 6.07) is 0. The molecule has 0 radical (unpaired) electrons. The molecule has 4 saturated carbocycles. The van der Waals surface area contributed by atoms with Gasteiger partial charge in [0.2, 0.25) is 0 Å². The van der Waals surface area contributed by atoms with Gasteiger partial charge < -0.3 is 10.9 Å². The highest BCUT2D eigenvalue weighted by Crippen LogP contribution is 2.82.